The monoisotopic (exact) mass is 260 g/mol. The Labute approximate surface area is 101 Å². The summed E-state index contributed by atoms with van der Waals surface area (Å²) in [6.07, 6.45) is -0.200. The van der Waals surface area contributed by atoms with Crippen LogP contribution in [-0.4, -0.2) is 12.1 Å². The molecule has 0 aromatic heterocycles. The van der Waals surface area contributed by atoms with Crippen molar-refractivity contribution in [1.82, 2.24) is 0 Å². The van der Waals surface area contributed by atoms with Gasteiger partial charge in [0.2, 0.25) is 0 Å². The number of hydrogen-bond acceptors (Lipinski definition) is 2. The first-order valence-electron chi connectivity index (χ1n) is 4.73. The number of alkyl halides is 3. The number of ether oxygens (including phenoxy) is 1. The zero-order valence-corrected chi connectivity index (χ0v) is 9.22. The molecule has 0 unspecified atom stereocenters. The minimum atomic E-state index is -5.05. The van der Waals surface area contributed by atoms with Gasteiger partial charge in [-0.3, -0.25) is 4.79 Å². The van der Waals surface area contributed by atoms with Crippen LogP contribution < -0.4 is 0 Å². The fourth-order valence-electron chi connectivity index (χ4n) is 1.40. The number of carbonyl (C=O) groups excluding carboxylic acids is 1. The van der Waals surface area contributed by atoms with Gasteiger partial charge in [0.15, 0.2) is 0 Å². The van der Waals surface area contributed by atoms with Crippen LogP contribution in [0.4, 0.5) is 17.6 Å². The molecule has 2 nitrogen and oxygen atoms in total. The molecule has 96 valence electrons. The highest BCUT2D eigenvalue weighted by molar-refractivity contribution is 5.67. The van der Waals surface area contributed by atoms with Crippen molar-refractivity contribution in [3.8, 4) is 12.3 Å². The molecule has 1 aromatic carbocycles. The highest BCUT2D eigenvalue weighted by Gasteiger charge is 2.58. The summed E-state index contributed by atoms with van der Waals surface area (Å²) in [5.74, 6) is -0.731. The summed E-state index contributed by atoms with van der Waals surface area (Å²) in [7, 11) is 0. The lowest BCUT2D eigenvalue weighted by molar-refractivity contribution is -0.252. The van der Waals surface area contributed by atoms with Gasteiger partial charge in [0.1, 0.15) is 5.82 Å². The smallest absolute Gasteiger partial charge is 0.432 e. The Kier molecular flexibility index (Phi) is 3.65. The van der Waals surface area contributed by atoms with Gasteiger partial charge in [0.25, 0.3) is 5.60 Å². The molecule has 0 aliphatic heterocycles. The summed E-state index contributed by atoms with van der Waals surface area (Å²) in [4.78, 5) is 10.8. The van der Waals surface area contributed by atoms with Crippen LogP contribution in [0.25, 0.3) is 0 Å². The maximum Gasteiger partial charge on any atom is 0.445 e. The first kappa shape index (κ1) is 14.0. The van der Waals surface area contributed by atoms with Crippen molar-refractivity contribution in [1.29, 1.82) is 0 Å². The molecule has 18 heavy (non-hydrogen) atoms. The summed E-state index contributed by atoms with van der Waals surface area (Å²) in [5, 5.41) is 0. The molecule has 0 fully saturated rings. The third-order valence-electron chi connectivity index (χ3n) is 2.13. The molecule has 0 amide bonds. The first-order chi connectivity index (χ1) is 8.23. The molecular weight excluding hydrogens is 252 g/mol. The zero-order chi connectivity index (χ0) is 14.0. The molecule has 0 spiro atoms. The molecule has 1 atom stereocenters. The minimum absolute atomic E-state index is 0.580. The molecule has 0 heterocycles. The van der Waals surface area contributed by atoms with Crippen LogP contribution in [0.5, 0.6) is 0 Å². The van der Waals surface area contributed by atoms with Crippen LogP contribution in [0.3, 0.4) is 0 Å². The van der Waals surface area contributed by atoms with Gasteiger partial charge in [-0.05, 0) is 18.1 Å². The van der Waals surface area contributed by atoms with Crippen molar-refractivity contribution in [3.63, 3.8) is 0 Å². The lowest BCUT2D eigenvalue weighted by Gasteiger charge is -2.30. The third-order valence-corrected chi connectivity index (χ3v) is 2.13. The normalized spacial score (nSPS) is 14.4. The fourth-order valence-corrected chi connectivity index (χ4v) is 1.40. The quantitative estimate of drug-likeness (QED) is 0.464. The molecule has 1 aromatic rings. The Morgan fingerprint density at radius 3 is 2.39 bits per heavy atom. The van der Waals surface area contributed by atoms with Gasteiger partial charge in [0.05, 0.1) is 0 Å². The molecule has 0 radical (unpaired) electrons. The predicted molar refractivity (Wildman–Crippen MR) is 54.7 cm³/mol. The molecule has 0 saturated carbocycles. The van der Waals surface area contributed by atoms with Crippen LogP contribution in [0.15, 0.2) is 24.3 Å². The number of hydrogen-bond donors (Lipinski definition) is 0. The topological polar surface area (TPSA) is 26.3 Å². The molecular formula is C12H8F4O2. The largest absolute Gasteiger partial charge is 0.445 e. The average molecular weight is 260 g/mol. The molecule has 0 N–H and O–H groups in total. The van der Waals surface area contributed by atoms with E-state index in [1.54, 1.807) is 0 Å². The fraction of sp³-hybridized carbons (Fsp3) is 0.250. The van der Waals surface area contributed by atoms with E-state index < -0.39 is 29.1 Å². The summed E-state index contributed by atoms with van der Waals surface area (Å²) >= 11 is 0. The third kappa shape index (κ3) is 2.45. The van der Waals surface area contributed by atoms with Crippen LogP contribution in [0, 0.1) is 18.2 Å². The molecule has 0 saturated heterocycles. The van der Waals surface area contributed by atoms with E-state index in [9.17, 15) is 22.4 Å². The maximum absolute atomic E-state index is 13.0. The van der Waals surface area contributed by atoms with Crippen molar-refractivity contribution >= 4 is 5.97 Å². The SMILES string of the molecule is C#C[C@](OC(C)=O)(c1cccc(F)c1)C(F)(F)F. The Balaban J connectivity index is 3.46. The van der Waals surface area contributed by atoms with Gasteiger partial charge in [-0.1, -0.05) is 12.1 Å². The number of carbonyl (C=O) groups is 1. The van der Waals surface area contributed by atoms with Crippen molar-refractivity contribution in [2.75, 3.05) is 0 Å². The highest BCUT2D eigenvalue weighted by Crippen LogP contribution is 2.42. The number of esters is 1. The summed E-state index contributed by atoms with van der Waals surface area (Å²) in [5.41, 5.74) is -3.94. The standard InChI is InChI=1S/C12H8F4O2/c1-3-11(12(14,15)16,18-8(2)17)9-5-4-6-10(13)7-9/h1,4-7H,2H3/t11-/m0/s1. The van der Waals surface area contributed by atoms with Crippen molar-refractivity contribution in [2.45, 2.75) is 18.7 Å². The number of terminal acetylenes is 1. The number of halogens is 4. The van der Waals surface area contributed by atoms with Crippen LogP contribution in [0.1, 0.15) is 12.5 Å². The first-order valence-corrected chi connectivity index (χ1v) is 4.73. The number of rotatable bonds is 2. The van der Waals surface area contributed by atoms with Gasteiger partial charge in [-0.15, -0.1) is 6.42 Å². The van der Waals surface area contributed by atoms with E-state index in [0.29, 0.717) is 6.07 Å². The van der Waals surface area contributed by atoms with Crippen molar-refractivity contribution in [3.05, 3.63) is 35.6 Å². The van der Waals surface area contributed by atoms with E-state index >= 15 is 0 Å². The molecule has 1 rings (SSSR count). The summed E-state index contributed by atoms with van der Waals surface area (Å²) in [6.45, 7) is 0.789. The molecule has 6 heteroatoms. The Bertz CT molecular complexity index is 502. The lowest BCUT2D eigenvalue weighted by atomic mass is 9.93. The second kappa shape index (κ2) is 4.69. The van der Waals surface area contributed by atoms with Crippen LogP contribution in [-0.2, 0) is 15.1 Å². The van der Waals surface area contributed by atoms with E-state index in [-0.39, 0.29) is 0 Å². The van der Waals surface area contributed by atoms with E-state index in [2.05, 4.69) is 4.74 Å². The minimum Gasteiger partial charge on any atom is -0.432 e. The van der Waals surface area contributed by atoms with Gasteiger partial charge in [-0.25, -0.2) is 4.39 Å². The average Bonchev–Trinajstić information content (AvgIpc) is 2.23. The molecule has 0 bridgehead atoms. The van der Waals surface area contributed by atoms with Gasteiger partial charge in [0, 0.05) is 12.5 Å². The Hall–Kier alpha value is -2.03. The highest BCUT2D eigenvalue weighted by atomic mass is 19.4. The van der Waals surface area contributed by atoms with Crippen LogP contribution in [0.2, 0.25) is 0 Å². The summed E-state index contributed by atoms with van der Waals surface area (Å²) < 4.78 is 56.2. The predicted octanol–water partition coefficient (Wildman–Crippen LogP) is 2.78. The van der Waals surface area contributed by atoms with Crippen molar-refractivity contribution in [2.24, 2.45) is 0 Å². The van der Waals surface area contributed by atoms with E-state index in [0.717, 1.165) is 25.1 Å². The lowest BCUT2D eigenvalue weighted by Crippen LogP contribution is -2.44. The number of benzene rings is 1. The van der Waals surface area contributed by atoms with Gasteiger partial charge >= 0.3 is 12.1 Å². The molecule has 0 aliphatic rings. The second-order valence-corrected chi connectivity index (χ2v) is 3.43. The van der Waals surface area contributed by atoms with Crippen molar-refractivity contribution < 1.29 is 27.1 Å². The Morgan fingerprint density at radius 2 is 2.00 bits per heavy atom. The van der Waals surface area contributed by atoms with E-state index in [4.69, 9.17) is 6.42 Å². The van der Waals surface area contributed by atoms with Gasteiger partial charge < -0.3 is 4.74 Å². The van der Waals surface area contributed by atoms with E-state index in [1.165, 1.54) is 5.92 Å². The van der Waals surface area contributed by atoms with Crippen LogP contribution >= 0.6 is 0 Å². The zero-order valence-electron chi connectivity index (χ0n) is 9.22. The maximum atomic E-state index is 13.0. The molecule has 0 aliphatic carbocycles. The van der Waals surface area contributed by atoms with E-state index in [1.807, 2.05) is 0 Å². The summed E-state index contributed by atoms with van der Waals surface area (Å²) in [6, 6.07) is 3.52. The van der Waals surface area contributed by atoms with Gasteiger partial charge in [-0.2, -0.15) is 13.2 Å². The Morgan fingerprint density at radius 1 is 1.39 bits per heavy atom. The second-order valence-electron chi connectivity index (χ2n) is 3.43.